The molecule has 0 spiro atoms. The summed E-state index contributed by atoms with van der Waals surface area (Å²) in [5.74, 6) is 0.721. The van der Waals surface area contributed by atoms with Gasteiger partial charge in [-0.05, 0) is 55.9 Å². The van der Waals surface area contributed by atoms with E-state index in [1.807, 2.05) is 11.0 Å². The largest absolute Gasteiger partial charge is 0.336 e. The summed E-state index contributed by atoms with van der Waals surface area (Å²) in [5, 5.41) is 0. The summed E-state index contributed by atoms with van der Waals surface area (Å²) < 4.78 is 0. The minimum atomic E-state index is 0.199. The van der Waals surface area contributed by atoms with Crippen LogP contribution in [0.1, 0.15) is 60.7 Å². The van der Waals surface area contributed by atoms with E-state index in [0.29, 0.717) is 5.92 Å². The molecule has 18 heavy (non-hydrogen) atoms. The van der Waals surface area contributed by atoms with Crippen LogP contribution in [0.5, 0.6) is 0 Å². The maximum Gasteiger partial charge on any atom is 0.254 e. The lowest BCUT2D eigenvalue weighted by molar-refractivity contribution is 0.0688. The van der Waals surface area contributed by atoms with Crippen LogP contribution in [0.3, 0.4) is 0 Å². The molecule has 0 aliphatic carbocycles. The van der Waals surface area contributed by atoms with Crippen LogP contribution >= 0.6 is 0 Å². The molecule has 98 valence electrons. The van der Waals surface area contributed by atoms with Crippen LogP contribution in [0.25, 0.3) is 0 Å². The number of rotatable bonds is 2. The van der Waals surface area contributed by atoms with Gasteiger partial charge < -0.3 is 4.90 Å². The second-order valence-electron chi connectivity index (χ2n) is 5.80. The first kappa shape index (κ1) is 13.1. The van der Waals surface area contributed by atoms with Crippen molar-refractivity contribution in [3.05, 3.63) is 34.4 Å². The first-order valence-electron chi connectivity index (χ1n) is 6.86. The predicted octanol–water partition coefficient (Wildman–Crippen LogP) is 3.53. The van der Waals surface area contributed by atoms with E-state index in [1.165, 1.54) is 16.7 Å². The van der Waals surface area contributed by atoms with E-state index >= 15 is 0 Å². The van der Waals surface area contributed by atoms with Gasteiger partial charge in [0.15, 0.2) is 0 Å². The Morgan fingerprint density at radius 3 is 2.39 bits per heavy atom. The molecule has 0 aromatic heterocycles. The van der Waals surface area contributed by atoms with Gasteiger partial charge in [0.05, 0.1) is 0 Å². The average molecular weight is 245 g/mol. The van der Waals surface area contributed by atoms with Crippen LogP contribution in [0.2, 0.25) is 0 Å². The number of carbonyl (C=O) groups is 1. The van der Waals surface area contributed by atoms with Crippen molar-refractivity contribution < 1.29 is 4.79 Å². The Morgan fingerprint density at radius 2 is 1.83 bits per heavy atom. The lowest BCUT2D eigenvalue weighted by atomic mass is 9.87. The van der Waals surface area contributed by atoms with Crippen LogP contribution in [-0.4, -0.2) is 23.4 Å². The van der Waals surface area contributed by atoms with E-state index in [-0.39, 0.29) is 11.9 Å². The summed E-state index contributed by atoms with van der Waals surface area (Å²) in [6, 6.07) is 4.44. The molecule has 0 N–H and O–H groups in total. The highest BCUT2D eigenvalue weighted by atomic mass is 16.2. The van der Waals surface area contributed by atoms with Crippen molar-refractivity contribution in [2.24, 2.45) is 0 Å². The summed E-state index contributed by atoms with van der Waals surface area (Å²) in [6.45, 7) is 11.6. The Labute approximate surface area is 110 Å². The van der Waals surface area contributed by atoms with E-state index in [2.05, 4.69) is 40.7 Å². The Kier molecular flexibility index (Phi) is 3.47. The third-order valence-corrected chi connectivity index (χ3v) is 3.98. The Balaban J connectivity index is 2.47. The quantitative estimate of drug-likeness (QED) is 0.780. The Hall–Kier alpha value is -1.31. The minimum Gasteiger partial charge on any atom is -0.336 e. The molecule has 0 bridgehead atoms. The summed E-state index contributed by atoms with van der Waals surface area (Å²) in [4.78, 5) is 14.4. The van der Waals surface area contributed by atoms with Gasteiger partial charge >= 0.3 is 0 Å². The first-order chi connectivity index (χ1) is 8.43. The lowest BCUT2D eigenvalue weighted by Crippen LogP contribution is -2.42. The van der Waals surface area contributed by atoms with E-state index < -0.39 is 0 Å². The van der Waals surface area contributed by atoms with Gasteiger partial charge in [-0.2, -0.15) is 0 Å². The molecular formula is C16H23NO. The molecule has 0 saturated carbocycles. The second kappa shape index (κ2) is 4.75. The monoisotopic (exact) mass is 245 g/mol. The van der Waals surface area contributed by atoms with E-state index in [1.54, 1.807) is 0 Å². The number of hydrogen-bond acceptors (Lipinski definition) is 1. The molecule has 0 saturated heterocycles. The van der Waals surface area contributed by atoms with Gasteiger partial charge in [-0.1, -0.05) is 19.9 Å². The maximum atomic E-state index is 12.4. The molecule has 2 heteroatoms. The number of carbonyl (C=O) groups excluding carboxylic acids is 1. The summed E-state index contributed by atoms with van der Waals surface area (Å²) in [6.07, 6.45) is 0.992. The van der Waals surface area contributed by atoms with Gasteiger partial charge in [-0.15, -0.1) is 0 Å². The molecule has 0 unspecified atom stereocenters. The third-order valence-electron chi connectivity index (χ3n) is 3.98. The van der Waals surface area contributed by atoms with Crippen LogP contribution in [-0.2, 0) is 6.42 Å². The fourth-order valence-electron chi connectivity index (χ4n) is 2.90. The molecule has 1 amide bonds. The zero-order valence-electron chi connectivity index (χ0n) is 12.1. The summed E-state index contributed by atoms with van der Waals surface area (Å²) in [5.41, 5.74) is 4.87. The number of fused-ring (bicyclic) bond motifs is 1. The topological polar surface area (TPSA) is 20.3 Å². The zero-order chi connectivity index (χ0) is 13.4. The van der Waals surface area contributed by atoms with Gasteiger partial charge in [-0.3, -0.25) is 4.79 Å². The van der Waals surface area contributed by atoms with Crippen molar-refractivity contribution in [3.63, 3.8) is 0 Å². The molecule has 1 aromatic rings. The molecule has 2 nitrogen and oxygen atoms in total. The summed E-state index contributed by atoms with van der Waals surface area (Å²) in [7, 11) is 0. The summed E-state index contributed by atoms with van der Waals surface area (Å²) >= 11 is 0. The molecule has 1 aromatic carbocycles. The van der Waals surface area contributed by atoms with Crippen molar-refractivity contribution in [2.75, 3.05) is 6.54 Å². The van der Waals surface area contributed by atoms with Crippen LogP contribution in [0, 0.1) is 6.92 Å². The van der Waals surface area contributed by atoms with Gasteiger partial charge in [0.25, 0.3) is 5.91 Å². The maximum absolute atomic E-state index is 12.4. The SMILES string of the molecule is Cc1c(C(C)C)ccc2c1CCN(C(C)C)C2=O. The molecule has 1 aliphatic heterocycles. The van der Waals surface area contributed by atoms with Crippen molar-refractivity contribution >= 4 is 5.91 Å². The third kappa shape index (κ3) is 2.05. The minimum absolute atomic E-state index is 0.199. The molecule has 0 atom stereocenters. The van der Waals surface area contributed by atoms with Gasteiger partial charge in [0, 0.05) is 18.2 Å². The number of hydrogen-bond donors (Lipinski definition) is 0. The molecular weight excluding hydrogens is 222 g/mol. The van der Waals surface area contributed by atoms with Crippen LogP contribution < -0.4 is 0 Å². The zero-order valence-corrected chi connectivity index (χ0v) is 12.1. The molecule has 1 heterocycles. The van der Waals surface area contributed by atoms with Gasteiger partial charge in [-0.25, -0.2) is 0 Å². The highest BCUT2D eigenvalue weighted by Gasteiger charge is 2.27. The van der Waals surface area contributed by atoms with Crippen LogP contribution in [0.15, 0.2) is 12.1 Å². The molecule has 0 fully saturated rings. The molecule has 0 radical (unpaired) electrons. The van der Waals surface area contributed by atoms with Crippen molar-refractivity contribution in [1.82, 2.24) is 4.90 Å². The fourth-order valence-corrected chi connectivity index (χ4v) is 2.90. The van der Waals surface area contributed by atoms with E-state index in [0.717, 1.165) is 18.5 Å². The van der Waals surface area contributed by atoms with E-state index in [9.17, 15) is 4.79 Å². The standard InChI is InChI=1S/C16H23NO/c1-10(2)13-6-7-15-14(12(13)5)8-9-17(11(3)4)16(15)18/h6-7,10-11H,8-9H2,1-5H3. The molecule has 2 rings (SSSR count). The lowest BCUT2D eigenvalue weighted by Gasteiger charge is -2.33. The van der Waals surface area contributed by atoms with Crippen molar-refractivity contribution in [2.45, 2.75) is 53.0 Å². The van der Waals surface area contributed by atoms with Gasteiger partial charge in [0.1, 0.15) is 0 Å². The average Bonchev–Trinajstić information content (AvgIpc) is 2.29. The number of nitrogens with zero attached hydrogens (tertiary/aromatic N) is 1. The second-order valence-corrected chi connectivity index (χ2v) is 5.80. The highest BCUT2D eigenvalue weighted by molar-refractivity contribution is 5.97. The van der Waals surface area contributed by atoms with Crippen LogP contribution in [0.4, 0.5) is 0 Å². The number of benzene rings is 1. The fraction of sp³-hybridized carbons (Fsp3) is 0.562. The van der Waals surface area contributed by atoms with Crippen molar-refractivity contribution in [1.29, 1.82) is 0 Å². The van der Waals surface area contributed by atoms with Gasteiger partial charge in [0.2, 0.25) is 0 Å². The Bertz CT molecular complexity index is 474. The first-order valence-corrected chi connectivity index (χ1v) is 6.86. The predicted molar refractivity (Wildman–Crippen MR) is 75.1 cm³/mol. The molecule has 1 aliphatic rings. The highest BCUT2D eigenvalue weighted by Crippen LogP contribution is 2.29. The van der Waals surface area contributed by atoms with E-state index in [4.69, 9.17) is 0 Å². The smallest absolute Gasteiger partial charge is 0.254 e. The van der Waals surface area contributed by atoms with Crippen molar-refractivity contribution in [3.8, 4) is 0 Å². The Morgan fingerprint density at radius 1 is 1.17 bits per heavy atom. The number of amides is 1. The normalized spacial score (nSPS) is 15.5.